The molecule has 0 aromatic carbocycles. The number of rotatable bonds is 2. The van der Waals surface area contributed by atoms with E-state index in [9.17, 15) is 4.79 Å². The van der Waals surface area contributed by atoms with Crippen molar-refractivity contribution in [1.82, 2.24) is 4.90 Å². The molecule has 0 spiro atoms. The van der Waals surface area contributed by atoms with E-state index < -0.39 is 5.41 Å². The minimum absolute atomic E-state index is 0.0638. The topological polar surface area (TPSA) is 29.5 Å². The molecule has 2 aliphatic rings. The number of esters is 1. The van der Waals surface area contributed by atoms with Gasteiger partial charge in [0.1, 0.15) is 6.10 Å². The van der Waals surface area contributed by atoms with Crippen LogP contribution in [0.3, 0.4) is 0 Å². The summed E-state index contributed by atoms with van der Waals surface area (Å²) in [6.45, 7) is 7.57. The predicted octanol–water partition coefficient (Wildman–Crippen LogP) is 2.76. The molecule has 0 radical (unpaired) electrons. The van der Waals surface area contributed by atoms with Crippen molar-refractivity contribution in [3.63, 3.8) is 0 Å². The predicted molar refractivity (Wildman–Crippen MR) is 72.3 cm³/mol. The van der Waals surface area contributed by atoms with Crippen LogP contribution in [0, 0.1) is 5.41 Å². The molecule has 18 heavy (non-hydrogen) atoms. The van der Waals surface area contributed by atoms with E-state index in [1.54, 1.807) is 0 Å². The van der Waals surface area contributed by atoms with E-state index in [-0.39, 0.29) is 12.1 Å². The highest BCUT2D eigenvalue weighted by molar-refractivity contribution is 5.75. The maximum atomic E-state index is 11.9. The van der Waals surface area contributed by atoms with E-state index in [0.29, 0.717) is 6.04 Å². The fourth-order valence-electron chi connectivity index (χ4n) is 2.67. The average molecular weight is 251 g/mol. The largest absolute Gasteiger partial charge is 0.456 e. The number of hydrogen-bond acceptors (Lipinski definition) is 3. The first-order valence-corrected chi connectivity index (χ1v) is 7.08. The van der Waals surface area contributed by atoms with Gasteiger partial charge in [-0.1, -0.05) is 18.9 Å². The average Bonchev–Trinajstić information content (AvgIpc) is 2.81. The van der Waals surface area contributed by atoms with Crippen LogP contribution in [0.25, 0.3) is 0 Å². The highest BCUT2D eigenvalue weighted by atomic mass is 16.5. The summed E-state index contributed by atoms with van der Waals surface area (Å²) in [5, 5.41) is 0. The van der Waals surface area contributed by atoms with E-state index in [0.717, 1.165) is 13.1 Å². The fraction of sp³-hybridized carbons (Fsp3) is 0.800. The normalized spacial score (nSPS) is 26.5. The Morgan fingerprint density at radius 2 is 1.94 bits per heavy atom. The maximum Gasteiger partial charge on any atom is 0.311 e. The Balaban J connectivity index is 1.89. The van der Waals surface area contributed by atoms with E-state index in [1.165, 1.54) is 25.7 Å². The lowest BCUT2D eigenvalue weighted by atomic mass is 9.97. The van der Waals surface area contributed by atoms with Crippen molar-refractivity contribution in [3.8, 4) is 0 Å². The summed E-state index contributed by atoms with van der Waals surface area (Å²) >= 11 is 0. The molecule has 1 heterocycles. The molecule has 1 aliphatic carbocycles. The zero-order chi connectivity index (χ0) is 13.2. The zero-order valence-electron chi connectivity index (χ0n) is 11.8. The van der Waals surface area contributed by atoms with Gasteiger partial charge >= 0.3 is 5.97 Å². The molecule has 1 saturated carbocycles. The smallest absolute Gasteiger partial charge is 0.311 e. The van der Waals surface area contributed by atoms with Crippen molar-refractivity contribution in [2.24, 2.45) is 5.41 Å². The van der Waals surface area contributed by atoms with Gasteiger partial charge in [0.2, 0.25) is 0 Å². The fourth-order valence-corrected chi connectivity index (χ4v) is 2.67. The molecule has 3 heteroatoms. The third kappa shape index (κ3) is 3.35. The van der Waals surface area contributed by atoms with Gasteiger partial charge in [-0.05, 0) is 39.7 Å². The Bertz CT molecular complexity index is 324. The molecule has 0 bridgehead atoms. The molecule has 3 nitrogen and oxygen atoms in total. The summed E-state index contributed by atoms with van der Waals surface area (Å²) in [5.74, 6) is -0.106. The lowest BCUT2D eigenvalue weighted by molar-refractivity contribution is -0.157. The molecule has 102 valence electrons. The first-order valence-electron chi connectivity index (χ1n) is 7.08. The molecule has 0 amide bonds. The zero-order valence-corrected chi connectivity index (χ0v) is 11.8. The van der Waals surface area contributed by atoms with E-state index in [4.69, 9.17) is 4.74 Å². The maximum absolute atomic E-state index is 11.9. The SMILES string of the molecule is CC(C)(C)C(=O)O[C@@H]1C=CCN(C2CCCC2)C1. The highest BCUT2D eigenvalue weighted by Crippen LogP contribution is 2.26. The Hall–Kier alpha value is -0.830. The second kappa shape index (κ2) is 5.43. The summed E-state index contributed by atoms with van der Waals surface area (Å²) < 4.78 is 5.58. The molecule has 1 aliphatic heterocycles. The first kappa shape index (κ1) is 13.6. The molecule has 1 fully saturated rings. The van der Waals surface area contributed by atoms with Crippen molar-refractivity contribution in [2.75, 3.05) is 13.1 Å². The number of nitrogens with zero attached hydrogens (tertiary/aromatic N) is 1. The Morgan fingerprint density at radius 3 is 2.56 bits per heavy atom. The Labute approximate surface area is 110 Å². The number of carbonyl (C=O) groups is 1. The van der Waals surface area contributed by atoms with Gasteiger partial charge in [-0.2, -0.15) is 0 Å². The molecular weight excluding hydrogens is 226 g/mol. The van der Waals surface area contributed by atoms with Crippen molar-refractivity contribution >= 4 is 5.97 Å². The molecule has 0 unspecified atom stereocenters. The van der Waals surface area contributed by atoms with Crippen LogP contribution in [0.5, 0.6) is 0 Å². The van der Waals surface area contributed by atoms with Crippen LogP contribution in [0.2, 0.25) is 0 Å². The van der Waals surface area contributed by atoms with E-state index >= 15 is 0 Å². The summed E-state index contributed by atoms with van der Waals surface area (Å²) in [4.78, 5) is 14.4. The third-order valence-corrected chi connectivity index (χ3v) is 3.82. The van der Waals surface area contributed by atoms with Gasteiger partial charge in [-0.25, -0.2) is 0 Å². The Morgan fingerprint density at radius 1 is 1.28 bits per heavy atom. The van der Waals surface area contributed by atoms with Gasteiger partial charge in [-0.3, -0.25) is 9.69 Å². The summed E-state index contributed by atoms with van der Waals surface area (Å²) in [6, 6.07) is 0.700. The van der Waals surface area contributed by atoms with Gasteiger partial charge in [0, 0.05) is 19.1 Å². The van der Waals surface area contributed by atoms with Crippen LogP contribution >= 0.6 is 0 Å². The quantitative estimate of drug-likeness (QED) is 0.558. The van der Waals surface area contributed by atoms with Crippen LogP contribution in [0.15, 0.2) is 12.2 Å². The molecule has 0 saturated heterocycles. The second-order valence-corrected chi connectivity index (χ2v) is 6.51. The van der Waals surface area contributed by atoms with Crippen LogP contribution in [-0.2, 0) is 9.53 Å². The lowest BCUT2D eigenvalue weighted by Gasteiger charge is -2.34. The Kier molecular flexibility index (Phi) is 4.10. The van der Waals surface area contributed by atoms with Gasteiger partial charge in [0.15, 0.2) is 0 Å². The number of ether oxygens (including phenoxy) is 1. The van der Waals surface area contributed by atoms with Gasteiger partial charge in [0.05, 0.1) is 5.41 Å². The van der Waals surface area contributed by atoms with Crippen LogP contribution in [0.4, 0.5) is 0 Å². The lowest BCUT2D eigenvalue weighted by Crippen LogP contribution is -2.43. The van der Waals surface area contributed by atoms with Crippen molar-refractivity contribution in [3.05, 3.63) is 12.2 Å². The minimum atomic E-state index is -0.413. The molecule has 1 atom stereocenters. The van der Waals surface area contributed by atoms with E-state index in [2.05, 4.69) is 11.0 Å². The van der Waals surface area contributed by atoms with Crippen molar-refractivity contribution < 1.29 is 9.53 Å². The molecule has 0 N–H and O–H groups in total. The summed E-state index contributed by atoms with van der Waals surface area (Å²) in [5.41, 5.74) is -0.413. The summed E-state index contributed by atoms with van der Waals surface area (Å²) in [6.07, 6.45) is 9.40. The second-order valence-electron chi connectivity index (χ2n) is 6.51. The van der Waals surface area contributed by atoms with Gasteiger partial charge < -0.3 is 4.74 Å². The van der Waals surface area contributed by atoms with Crippen LogP contribution in [-0.4, -0.2) is 36.1 Å². The van der Waals surface area contributed by atoms with Crippen molar-refractivity contribution in [1.29, 1.82) is 0 Å². The minimum Gasteiger partial charge on any atom is -0.456 e. The van der Waals surface area contributed by atoms with Crippen molar-refractivity contribution in [2.45, 2.75) is 58.6 Å². The van der Waals surface area contributed by atoms with Gasteiger partial charge in [-0.15, -0.1) is 0 Å². The molecule has 0 aromatic rings. The van der Waals surface area contributed by atoms with Crippen LogP contribution < -0.4 is 0 Å². The summed E-state index contributed by atoms with van der Waals surface area (Å²) in [7, 11) is 0. The molecule has 0 aromatic heterocycles. The highest BCUT2D eigenvalue weighted by Gasteiger charge is 2.30. The van der Waals surface area contributed by atoms with Crippen LogP contribution in [0.1, 0.15) is 46.5 Å². The number of hydrogen-bond donors (Lipinski definition) is 0. The number of carbonyl (C=O) groups excluding carboxylic acids is 1. The first-order chi connectivity index (χ1) is 8.47. The third-order valence-electron chi connectivity index (χ3n) is 3.82. The van der Waals surface area contributed by atoms with E-state index in [1.807, 2.05) is 26.8 Å². The van der Waals surface area contributed by atoms with Gasteiger partial charge in [0.25, 0.3) is 0 Å². The molecular formula is C15H25NO2. The monoisotopic (exact) mass is 251 g/mol. The standard InChI is InChI=1S/C15H25NO2/c1-15(2,3)14(17)18-13-9-6-10-16(11-13)12-7-4-5-8-12/h6,9,12-13H,4-5,7-8,10-11H2,1-3H3/t13-/m1/s1. The molecule has 2 rings (SSSR count).